The topological polar surface area (TPSA) is 111 Å². The second-order valence-electron chi connectivity index (χ2n) is 4.05. The molecule has 1 aromatic heterocycles. The highest BCUT2D eigenvalue weighted by atomic mass is 16.4. The van der Waals surface area contributed by atoms with E-state index in [1.807, 2.05) is 0 Å². The van der Waals surface area contributed by atoms with Crippen molar-refractivity contribution in [3.8, 4) is 23.0 Å². The predicted molar refractivity (Wildman–Crippen MR) is 66.6 cm³/mol. The second kappa shape index (κ2) is 3.55. The highest BCUT2D eigenvalue weighted by molar-refractivity contribution is 5.96. The van der Waals surface area contributed by atoms with Crippen LogP contribution in [0.2, 0.25) is 0 Å². The van der Waals surface area contributed by atoms with Crippen LogP contribution in [0.25, 0.3) is 21.9 Å². The summed E-state index contributed by atoms with van der Waals surface area (Å²) in [6, 6.07) is 4.85. The molecule has 0 unspecified atom stereocenters. The van der Waals surface area contributed by atoms with Crippen LogP contribution >= 0.6 is 0 Å². The van der Waals surface area contributed by atoms with Gasteiger partial charge in [-0.25, -0.2) is 0 Å². The zero-order valence-electron chi connectivity index (χ0n) is 9.41. The summed E-state index contributed by atoms with van der Waals surface area (Å²) in [6.07, 6.45) is 0. The summed E-state index contributed by atoms with van der Waals surface area (Å²) in [4.78, 5) is 12.2. The molecule has 0 aliphatic rings. The van der Waals surface area contributed by atoms with E-state index < -0.39 is 28.4 Å². The van der Waals surface area contributed by atoms with Gasteiger partial charge in [0.05, 0.1) is 5.39 Å². The molecule has 6 nitrogen and oxygen atoms in total. The van der Waals surface area contributed by atoms with Crippen LogP contribution in [0, 0.1) is 0 Å². The van der Waals surface area contributed by atoms with Crippen LogP contribution in [-0.4, -0.2) is 20.4 Å². The van der Waals surface area contributed by atoms with Crippen LogP contribution in [0.15, 0.2) is 33.5 Å². The highest BCUT2D eigenvalue weighted by Crippen LogP contribution is 2.37. The first-order chi connectivity index (χ1) is 9.00. The van der Waals surface area contributed by atoms with E-state index in [4.69, 9.17) is 4.42 Å². The number of rotatable bonds is 0. The third-order valence-corrected chi connectivity index (χ3v) is 2.91. The molecule has 0 bridgehead atoms. The van der Waals surface area contributed by atoms with E-state index in [9.17, 15) is 25.2 Å². The molecular formula is C13H8O6. The summed E-state index contributed by atoms with van der Waals surface area (Å²) >= 11 is 0. The third-order valence-electron chi connectivity index (χ3n) is 2.91. The van der Waals surface area contributed by atoms with Crippen molar-refractivity contribution < 1.29 is 24.8 Å². The molecule has 0 radical (unpaired) electrons. The number of phenolic OH excluding ortho intramolecular Hbond substituents is 4. The summed E-state index contributed by atoms with van der Waals surface area (Å²) < 4.78 is 5.29. The summed E-state index contributed by atoms with van der Waals surface area (Å²) in [6.45, 7) is 0. The van der Waals surface area contributed by atoms with Crippen molar-refractivity contribution in [2.45, 2.75) is 0 Å². The summed E-state index contributed by atoms with van der Waals surface area (Å²) in [5.74, 6) is -2.00. The Bertz CT molecular complexity index is 878. The molecule has 4 N–H and O–H groups in total. The monoisotopic (exact) mass is 260 g/mol. The van der Waals surface area contributed by atoms with Gasteiger partial charge in [0.1, 0.15) is 11.0 Å². The Labute approximate surface area is 105 Å². The smallest absolute Gasteiger partial charge is 0.204 e. The van der Waals surface area contributed by atoms with Gasteiger partial charge in [0.2, 0.25) is 11.2 Å². The van der Waals surface area contributed by atoms with Crippen molar-refractivity contribution in [3.63, 3.8) is 0 Å². The van der Waals surface area contributed by atoms with Gasteiger partial charge >= 0.3 is 0 Å². The molecule has 0 amide bonds. The lowest BCUT2D eigenvalue weighted by molar-refractivity contribution is 0.400. The van der Waals surface area contributed by atoms with E-state index in [0.29, 0.717) is 0 Å². The highest BCUT2D eigenvalue weighted by Gasteiger charge is 2.17. The first kappa shape index (κ1) is 11.2. The zero-order chi connectivity index (χ0) is 13.7. The first-order valence-corrected chi connectivity index (χ1v) is 5.33. The third kappa shape index (κ3) is 1.40. The van der Waals surface area contributed by atoms with Gasteiger partial charge in [-0.15, -0.1) is 0 Å². The summed E-state index contributed by atoms with van der Waals surface area (Å²) in [7, 11) is 0. The normalized spacial score (nSPS) is 11.2. The number of aromatic hydroxyl groups is 4. The van der Waals surface area contributed by atoms with E-state index in [1.54, 1.807) is 0 Å². The minimum absolute atomic E-state index is 0.00583. The molecule has 0 aliphatic heterocycles. The van der Waals surface area contributed by atoms with Gasteiger partial charge in [0.15, 0.2) is 22.8 Å². The fraction of sp³-hybridized carbons (Fsp3) is 0. The van der Waals surface area contributed by atoms with E-state index >= 15 is 0 Å². The van der Waals surface area contributed by atoms with Crippen LogP contribution in [0.5, 0.6) is 23.0 Å². The van der Waals surface area contributed by atoms with E-state index in [2.05, 4.69) is 0 Å². The van der Waals surface area contributed by atoms with E-state index in [-0.39, 0.29) is 21.9 Å². The molecule has 3 aromatic rings. The van der Waals surface area contributed by atoms with Crippen molar-refractivity contribution in [3.05, 3.63) is 34.5 Å². The number of fused-ring (bicyclic) bond motifs is 2. The molecule has 0 fully saturated rings. The molecule has 0 aliphatic carbocycles. The maximum atomic E-state index is 12.2. The Balaban J connectivity index is 2.64. The predicted octanol–water partition coefficient (Wildman–Crippen LogP) is 1.77. The van der Waals surface area contributed by atoms with E-state index in [1.165, 1.54) is 12.1 Å². The maximum Gasteiger partial charge on any atom is 0.204 e. The van der Waals surface area contributed by atoms with Gasteiger partial charge in [-0.3, -0.25) is 4.79 Å². The number of benzene rings is 2. The lowest BCUT2D eigenvalue weighted by atomic mass is 10.1. The lowest BCUT2D eigenvalue weighted by Crippen LogP contribution is -2.02. The lowest BCUT2D eigenvalue weighted by Gasteiger charge is -2.06. The molecule has 2 aromatic carbocycles. The maximum absolute atomic E-state index is 12.2. The van der Waals surface area contributed by atoms with Gasteiger partial charge in [-0.05, 0) is 24.3 Å². The molecular weight excluding hydrogens is 252 g/mol. The molecule has 0 saturated heterocycles. The summed E-state index contributed by atoms with van der Waals surface area (Å²) in [5, 5.41) is 37.9. The molecule has 0 saturated carbocycles. The van der Waals surface area contributed by atoms with Gasteiger partial charge in [0.25, 0.3) is 0 Å². The fourth-order valence-corrected chi connectivity index (χ4v) is 1.95. The second-order valence-corrected chi connectivity index (χ2v) is 4.05. The standard InChI is InChI=1S/C13H8O6/c14-6-3-4-8-9(11(6)17)10(16)5-1-2-7(15)12(18)13(5)19-8/h1-4,14-15,17-18H. The van der Waals surface area contributed by atoms with Crippen molar-refractivity contribution in [1.29, 1.82) is 0 Å². The minimum atomic E-state index is -0.611. The largest absolute Gasteiger partial charge is 0.504 e. The molecule has 19 heavy (non-hydrogen) atoms. The Morgan fingerprint density at radius 2 is 1.47 bits per heavy atom. The number of hydrogen-bond donors (Lipinski definition) is 4. The zero-order valence-corrected chi connectivity index (χ0v) is 9.41. The minimum Gasteiger partial charge on any atom is -0.504 e. The Morgan fingerprint density at radius 3 is 2.21 bits per heavy atom. The Morgan fingerprint density at radius 1 is 0.842 bits per heavy atom. The van der Waals surface area contributed by atoms with Gasteiger partial charge in [0, 0.05) is 0 Å². The molecule has 6 heteroatoms. The SMILES string of the molecule is O=c1c2ccc(O)c(O)c2oc2ccc(O)c(O)c12. The molecule has 1 heterocycles. The Hall–Kier alpha value is -2.89. The summed E-state index contributed by atoms with van der Waals surface area (Å²) in [5.41, 5.74) is -0.795. The van der Waals surface area contributed by atoms with Crippen molar-refractivity contribution in [1.82, 2.24) is 0 Å². The average molecular weight is 260 g/mol. The van der Waals surface area contributed by atoms with Crippen LogP contribution in [0.4, 0.5) is 0 Å². The quantitative estimate of drug-likeness (QED) is 0.362. The molecule has 96 valence electrons. The molecule has 0 atom stereocenters. The van der Waals surface area contributed by atoms with Crippen molar-refractivity contribution >= 4 is 21.9 Å². The first-order valence-electron chi connectivity index (χ1n) is 5.33. The fourth-order valence-electron chi connectivity index (χ4n) is 1.95. The van der Waals surface area contributed by atoms with Crippen LogP contribution in [-0.2, 0) is 0 Å². The van der Waals surface area contributed by atoms with Gasteiger partial charge < -0.3 is 24.8 Å². The molecule has 0 spiro atoms. The number of phenols is 4. The average Bonchev–Trinajstić information content (AvgIpc) is 2.39. The Kier molecular flexibility index (Phi) is 2.10. The van der Waals surface area contributed by atoms with Crippen LogP contribution in [0.1, 0.15) is 0 Å². The van der Waals surface area contributed by atoms with Crippen LogP contribution in [0.3, 0.4) is 0 Å². The van der Waals surface area contributed by atoms with Crippen molar-refractivity contribution in [2.24, 2.45) is 0 Å². The molecule has 3 rings (SSSR count). The van der Waals surface area contributed by atoms with Crippen molar-refractivity contribution in [2.75, 3.05) is 0 Å². The van der Waals surface area contributed by atoms with E-state index in [0.717, 1.165) is 12.1 Å². The van der Waals surface area contributed by atoms with Gasteiger partial charge in [-0.2, -0.15) is 0 Å². The van der Waals surface area contributed by atoms with Crippen LogP contribution < -0.4 is 5.43 Å². The number of hydrogen-bond acceptors (Lipinski definition) is 6. The van der Waals surface area contributed by atoms with Gasteiger partial charge in [-0.1, -0.05) is 0 Å².